The molecule has 2 aliphatic heterocycles. The minimum atomic E-state index is -0.197. The van der Waals surface area contributed by atoms with Gasteiger partial charge in [0.1, 0.15) is 0 Å². The number of carbonyl (C=O) groups is 1. The molecule has 16 heavy (non-hydrogen) atoms. The van der Waals surface area contributed by atoms with Gasteiger partial charge in [-0.25, -0.2) is 0 Å². The van der Waals surface area contributed by atoms with Gasteiger partial charge in [0, 0.05) is 17.7 Å². The quantitative estimate of drug-likeness (QED) is 0.726. The van der Waals surface area contributed by atoms with Crippen molar-refractivity contribution in [3.05, 3.63) is 11.6 Å². The summed E-state index contributed by atoms with van der Waals surface area (Å²) in [5.41, 5.74) is 0.857. The van der Waals surface area contributed by atoms with Crippen LogP contribution in [0.1, 0.15) is 46.0 Å². The smallest absolute Gasteiger partial charge is 0.249 e. The van der Waals surface area contributed by atoms with Gasteiger partial charge in [-0.3, -0.25) is 4.79 Å². The molecule has 2 unspecified atom stereocenters. The van der Waals surface area contributed by atoms with E-state index in [0.29, 0.717) is 0 Å². The summed E-state index contributed by atoms with van der Waals surface area (Å²) in [5.74, 6) is 0.182. The Bertz CT molecular complexity index is 297. The summed E-state index contributed by atoms with van der Waals surface area (Å²) in [6, 6.07) is 0.558. The number of piperidine rings is 1. The van der Waals surface area contributed by atoms with E-state index in [1.807, 2.05) is 24.8 Å². The van der Waals surface area contributed by atoms with Gasteiger partial charge < -0.3 is 10.0 Å². The number of aliphatic hydroxyl groups excluding tert-OH is 1. The van der Waals surface area contributed by atoms with Crippen LogP contribution in [0, 0.1) is 0 Å². The number of nitrogens with zero attached hydrogens (tertiary/aromatic N) is 1. The van der Waals surface area contributed by atoms with Crippen LogP contribution < -0.4 is 0 Å². The molecular formula is C13H21NO2. The Morgan fingerprint density at radius 2 is 1.94 bits per heavy atom. The summed E-state index contributed by atoms with van der Waals surface area (Å²) in [7, 11) is 0. The Morgan fingerprint density at radius 1 is 1.38 bits per heavy atom. The highest BCUT2D eigenvalue weighted by molar-refractivity contribution is 5.93. The van der Waals surface area contributed by atoms with Crippen molar-refractivity contribution in [3.63, 3.8) is 0 Å². The molecule has 2 heterocycles. The lowest BCUT2D eigenvalue weighted by molar-refractivity contribution is -0.133. The highest BCUT2D eigenvalue weighted by Gasteiger charge is 2.42. The molecule has 0 aromatic carbocycles. The van der Waals surface area contributed by atoms with Gasteiger partial charge in [-0.15, -0.1) is 0 Å². The molecule has 2 fully saturated rings. The fourth-order valence-electron chi connectivity index (χ4n) is 3.08. The van der Waals surface area contributed by atoms with Gasteiger partial charge in [-0.1, -0.05) is 13.0 Å². The number of fused-ring (bicyclic) bond motifs is 2. The molecule has 2 saturated heterocycles. The van der Waals surface area contributed by atoms with Gasteiger partial charge >= 0.3 is 0 Å². The van der Waals surface area contributed by atoms with Crippen LogP contribution in [0.15, 0.2) is 11.6 Å². The predicted octanol–water partition coefficient (Wildman–Crippen LogP) is 1.86. The lowest BCUT2D eigenvalue weighted by Gasteiger charge is -2.37. The monoisotopic (exact) mass is 223 g/mol. The van der Waals surface area contributed by atoms with Crippen LogP contribution in [-0.2, 0) is 4.79 Å². The number of carbonyl (C=O) groups excluding carboxylic acids is 1. The Balaban J connectivity index is 2.11. The molecule has 0 saturated carbocycles. The van der Waals surface area contributed by atoms with Crippen LogP contribution in [-0.4, -0.2) is 34.1 Å². The maximum atomic E-state index is 12.2. The Morgan fingerprint density at radius 3 is 2.44 bits per heavy atom. The van der Waals surface area contributed by atoms with Gasteiger partial charge in [-0.2, -0.15) is 0 Å². The van der Waals surface area contributed by atoms with E-state index >= 15 is 0 Å². The highest BCUT2D eigenvalue weighted by Crippen LogP contribution is 2.36. The first-order valence-electron chi connectivity index (χ1n) is 6.31. The van der Waals surface area contributed by atoms with Gasteiger partial charge in [0.25, 0.3) is 0 Å². The van der Waals surface area contributed by atoms with E-state index in [4.69, 9.17) is 0 Å². The third kappa shape index (κ3) is 2.01. The molecule has 2 rings (SSSR count). The topological polar surface area (TPSA) is 40.5 Å². The van der Waals surface area contributed by atoms with E-state index in [9.17, 15) is 9.90 Å². The average molecular weight is 223 g/mol. The zero-order valence-corrected chi connectivity index (χ0v) is 10.1. The molecule has 2 atom stereocenters. The highest BCUT2D eigenvalue weighted by atomic mass is 16.3. The Kier molecular flexibility index (Phi) is 3.33. The van der Waals surface area contributed by atoms with Crippen molar-refractivity contribution in [2.75, 3.05) is 0 Å². The van der Waals surface area contributed by atoms with Gasteiger partial charge in [0.05, 0.1) is 6.10 Å². The predicted molar refractivity (Wildman–Crippen MR) is 62.9 cm³/mol. The normalized spacial score (nSPS) is 34.3. The van der Waals surface area contributed by atoms with Gasteiger partial charge in [-0.05, 0) is 39.0 Å². The molecular weight excluding hydrogens is 202 g/mol. The summed E-state index contributed by atoms with van der Waals surface area (Å²) in [6.07, 6.45) is 6.36. The van der Waals surface area contributed by atoms with E-state index in [1.165, 1.54) is 0 Å². The van der Waals surface area contributed by atoms with Crippen molar-refractivity contribution in [2.24, 2.45) is 0 Å². The van der Waals surface area contributed by atoms with Gasteiger partial charge in [0.15, 0.2) is 0 Å². The van der Waals surface area contributed by atoms with Crippen molar-refractivity contribution < 1.29 is 9.90 Å². The molecule has 0 aromatic rings. The zero-order valence-electron chi connectivity index (χ0n) is 10.1. The third-order valence-corrected chi connectivity index (χ3v) is 3.79. The molecule has 1 amide bonds. The second kappa shape index (κ2) is 4.58. The SMILES string of the molecule is CCC=C(C)C(=O)N1C2CCC1CC(O)C2. The average Bonchev–Trinajstić information content (AvgIpc) is 2.50. The minimum Gasteiger partial charge on any atom is -0.393 e. The number of aliphatic hydroxyl groups is 1. The second-order valence-electron chi connectivity index (χ2n) is 5.02. The van der Waals surface area contributed by atoms with Crippen LogP contribution in [0.5, 0.6) is 0 Å². The zero-order chi connectivity index (χ0) is 11.7. The van der Waals surface area contributed by atoms with E-state index < -0.39 is 0 Å². The summed E-state index contributed by atoms with van der Waals surface area (Å²) < 4.78 is 0. The first-order chi connectivity index (χ1) is 7.63. The lowest BCUT2D eigenvalue weighted by atomic mass is 9.99. The molecule has 2 bridgehead atoms. The van der Waals surface area contributed by atoms with E-state index in [2.05, 4.69) is 0 Å². The van der Waals surface area contributed by atoms with Crippen LogP contribution in [0.25, 0.3) is 0 Å². The number of allylic oxidation sites excluding steroid dienone is 1. The van der Waals surface area contributed by atoms with Crippen molar-refractivity contribution in [2.45, 2.75) is 64.1 Å². The van der Waals surface area contributed by atoms with Crippen molar-refractivity contribution in [1.29, 1.82) is 0 Å². The molecule has 0 aromatic heterocycles. The molecule has 90 valence electrons. The standard InChI is InChI=1S/C13H21NO2/c1-3-4-9(2)13(16)14-10-5-6-11(14)8-12(15)7-10/h4,10-12,15H,3,5-8H2,1-2H3. The fraction of sp³-hybridized carbons (Fsp3) is 0.769. The molecule has 0 radical (unpaired) electrons. The summed E-state index contributed by atoms with van der Waals surface area (Å²) in [4.78, 5) is 14.3. The van der Waals surface area contributed by atoms with E-state index in [-0.39, 0.29) is 24.1 Å². The molecule has 2 aliphatic rings. The van der Waals surface area contributed by atoms with E-state index in [1.54, 1.807) is 0 Å². The summed E-state index contributed by atoms with van der Waals surface area (Å²) in [5, 5.41) is 9.68. The Labute approximate surface area is 97.1 Å². The molecule has 0 aliphatic carbocycles. The second-order valence-corrected chi connectivity index (χ2v) is 5.02. The third-order valence-electron chi connectivity index (χ3n) is 3.79. The van der Waals surface area contributed by atoms with Crippen molar-refractivity contribution in [3.8, 4) is 0 Å². The molecule has 3 nitrogen and oxygen atoms in total. The van der Waals surface area contributed by atoms with Crippen LogP contribution in [0.2, 0.25) is 0 Å². The van der Waals surface area contributed by atoms with Crippen molar-refractivity contribution >= 4 is 5.91 Å². The van der Waals surface area contributed by atoms with Crippen LogP contribution in [0.4, 0.5) is 0 Å². The largest absolute Gasteiger partial charge is 0.393 e. The first-order valence-corrected chi connectivity index (χ1v) is 6.31. The summed E-state index contributed by atoms with van der Waals surface area (Å²) >= 11 is 0. The maximum absolute atomic E-state index is 12.2. The maximum Gasteiger partial charge on any atom is 0.249 e. The molecule has 1 N–H and O–H groups in total. The number of rotatable bonds is 2. The molecule has 0 spiro atoms. The fourth-order valence-corrected chi connectivity index (χ4v) is 3.08. The number of hydrogen-bond acceptors (Lipinski definition) is 2. The van der Waals surface area contributed by atoms with E-state index in [0.717, 1.165) is 37.7 Å². The lowest BCUT2D eigenvalue weighted by Crippen LogP contribution is -2.48. The van der Waals surface area contributed by atoms with Crippen LogP contribution >= 0.6 is 0 Å². The number of hydrogen-bond donors (Lipinski definition) is 1. The minimum absolute atomic E-state index is 0.182. The number of amides is 1. The molecule has 3 heteroatoms. The first kappa shape index (κ1) is 11.6. The van der Waals surface area contributed by atoms with Crippen LogP contribution in [0.3, 0.4) is 0 Å². The summed E-state index contributed by atoms with van der Waals surface area (Å²) in [6.45, 7) is 3.95. The van der Waals surface area contributed by atoms with Gasteiger partial charge in [0.2, 0.25) is 5.91 Å². The van der Waals surface area contributed by atoms with Crippen molar-refractivity contribution in [1.82, 2.24) is 4.90 Å². The Hall–Kier alpha value is -0.830.